The number of ether oxygens (including phenoxy) is 1. The van der Waals surface area contributed by atoms with E-state index in [2.05, 4.69) is 12.2 Å². The van der Waals surface area contributed by atoms with Crippen LogP contribution in [0.1, 0.15) is 37.8 Å². The van der Waals surface area contributed by atoms with Gasteiger partial charge in [-0.1, -0.05) is 43.2 Å². The maximum Gasteiger partial charge on any atom is 0.242 e. The molecule has 2 rings (SSSR count). The average Bonchev–Trinajstić information content (AvgIpc) is 2.76. The molecule has 2 amide bonds. The minimum Gasteiger partial charge on any atom is -0.497 e. The number of nitrogens with one attached hydrogen (secondary N) is 1. The fourth-order valence-electron chi connectivity index (χ4n) is 2.95. The molecular weight excluding hydrogens is 396 g/mol. The summed E-state index contributed by atoms with van der Waals surface area (Å²) in [6.07, 6.45) is 1.93. The van der Waals surface area contributed by atoms with Gasteiger partial charge in [0.1, 0.15) is 11.8 Å². The van der Waals surface area contributed by atoms with Crippen molar-refractivity contribution in [3.63, 3.8) is 0 Å². The van der Waals surface area contributed by atoms with Crippen molar-refractivity contribution in [1.29, 1.82) is 0 Å². The molecule has 0 spiro atoms. The average molecular weight is 429 g/mol. The van der Waals surface area contributed by atoms with Crippen molar-refractivity contribution in [3.8, 4) is 5.75 Å². The molecule has 5 nitrogen and oxygen atoms in total. The van der Waals surface area contributed by atoms with Crippen LogP contribution < -0.4 is 10.1 Å². The van der Waals surface area contributed by atoms with Crippen molar-refractivity contribution in [1.82, 2.24) is 10.2 Å². The topological polar surface area (TPSA) is 58.6 Å². The number of benzene rings is 2. The summed E-state index contributed by atoms with van der Waals surface area (Å²) < 4.78 is 5.30. The van der Waals surface area contributed by atoms with Gasteiger partial charge in [0.25, 0.3) is 0 Å². The lowest BCUT2D eigenvalue weighted by atomic mass is 10.1. The third-order valence-electron chi connectivity index (χ3n) is 4.87. The molecule has 0 fully saturated rings. The third-order valence-corrected chi connectivity index (χ3v) is 5.86. The largest absolute Gasteiger partial charge is 0.497 e. The lowest BCUT2D eigenvalue weighted by Crippen LogP contribution is -2.48. The van der Waals surface area contributed by atoms with Gasteiger partial charge in [-0.15, -0.1) is 11.8 Å². The second kappa shape index (κ2) is 12.3. The number of hydrogen-bond donors (Lipinski definition) is 1. The van der Waals surface area contributed by atoms with Crippen molar-refractivity contribution >= 4 is 23.6 Å². The number of hydrogen-bond acceptors (Lipinski definition) is 4. The molecular formula is C24H32N2O3S. The number of nitrogens with zero attached hydrogens (tertiary/aromatic N) is 1. The summed E-state index contributed by atoms with van der Waals surface area (Å²) in [5.74, 6) is 0.815. The summed E-state index contributed by atoms with van der Waals surface area (Å²) in [6.45, 7) is 6.88. The summed E-state index contributed by atoms with van der Waals surface area (Å²) >= 11 is 1.49. The molecule has 0 heterocycles. The van der Waals surface area contributed by atoms with Gasteiger partial charge in [-0.2, -0.15) is 0 Å². The van der Waals surface area contributed by atoms with Crippen LogP contribution in [0, 0.1) is 6.92 Å². The predicted molar refractivity (Wildman–Crippen MR) is 123 cm³/mol. The SMILES string of the molecule is CCCCNC(=O)C(C)N(Cc1cccc(OC)c1)C(=O)CSc1ccc(C)cc1. The van der Waals surface area contributed by atoms with Crippen molar-refractivity contribution in [2.24, 2.45) is 0 Å². The van der Waals surface area contributed by atoms with Crippen LogP contribution in [0.4, 0.5) is 0 Å². The Balaban J connectivity index is 2.12. The number of aryl methyl sites for hydroxylation is 1. The number of methoxy groups -OCH3 is 1. The number of carbonyl (C=O) groups excluding carboxylic acids is 2. The van der Waals surface area contributed by atoms with Crippen LogP contribution >= 0.6 is 11.8 Å². The molecule has 162 valence electrons. The standard InChI is InChI=1S/C24H32N2O3S/c1-5-6-14-25-24(28)19(3)26(16-20-8-7-9-21(15-20)29-4)23(27)17-30-22-12-10-18(2)11-13-22/h7-13,15,19H,5-6,14,16-17H2,1-4H3,(H,25,28). The Morgan fingerprint density at radius 2 is 1.90 bits per heavy atom. The van der Waals surface area contributed by atoms with Crippen LogP contribution in [0.5, 0.6) is 5.75 Å². The van der Waals surface area contributed by atoms with Crippen LogP contribution in [0.2, 0.25) is 0 Å². The van der Waals surface area contributed by atoms with Gasteiger partial charge in [0.05, 0.1) is 12.9 Å². The summed E-state index contributed by atoms with van der Waals surface area (Å²) in [7, 11) is 1.62. The summed E-state index contributed by atoms with van der Waals surface area (Å²) in [4.78, 5) is 28.5. The summed E-state index contributed by atoms with van der Waals surface area (Å²) in [5, 5.41) is 2.94. The first-order valence-electron chi connectivity index (χ1n) is 10.3. The van der Waals surface area contributed by atoms with Crippen LogP contribution in [-0.2, 0) is 16.1 Å². The summed E-state index contributed by atoms with van der Waals surface area (Å²) in [5.41, 5.74) is 2.11. The Bertz CT molecular complexity index is 823. The molecule has 0 saturated heterocycles. The highest BCUT2D eigenvalue weighted by atomic mass is 32.2. The Hall–Kier alpha value is -2.47. The molecule has 0 aliphatic carbocycles. The van der Waals surface area contributed by atoms with Gasteiger partial charge in [0.15, 0.2) is 0 Å². The predicted octanol–water partition coefficient (Wildman–Crippen LogP) is 4.43. The molecule has 1 unspecified atom stereocenters. The van der Waals surface area contributed by atoms with E-state index in [1.807, 2.05) is 55.5 Å². The maximum absolute atomic E-state index is 13.1. The lowest BCUT2D eigenvalue weighted by molar-refractivity contribution is -0.138. The summed E-state index contributed by atoms with van der Waals surface area (Å²) in [6, 6.07) is 15.1. The van der Waals surface area contributed by atoms with Gasteiger partial charge in [-0.25, -0.2) is 0 Å². The molecule has 0 aliphatic heterocycles. The van der Waals surface area contributed by atoms with E-state index < -0.39 is 6.04 Å². The maximum atomic E-state index is 13.1. The molecule has 0 radical (unpaired) electrons. The Kier molecular flexibility index (Phi) is 9.74. The minimum absolute atomic E-state index is 0.0680. The first-order valence-corrected chi connectivity index (χ1v) is 11.3. The molecule has 6 heteroatoms. The van der Waals surface area contributed by atoms with Gasteiger partial charge in [0, 0.05) is 18.0 Å². The molecule has 30 heavy (non-hydrogen) atoms. The fourth-order valence-corrected chi connectivity index (χ4v) is 3.73. The Labute approximate surface area is 184 Å². The van der Waals surface area contributed by atoms with Gasteiger partial charge < -0.3 is 15.0 Å². The van der Waals surface area contributed by atoms with E-state index >= 15 is 0 Å². The Morgan fingerprint density at radius 3 is 2.57 bits per heavy atom. The third kappa shape index (κ3) is 7.41. The van der Waals surface area contributed by atoms with Crippen molar-refractivity contribution in [3.05, 3.63) is 59.7 Å². The second-order valence-electron chi connectivity index (χ2n) is 7.30. The van der Waals surface area contributed by atoms with E-state index in [1.165, 1.54) is 17.3 Å². The molecule has 2 aromatic carbocycles. The minimum atomic E-state index is -0.556. The highest BCUT2D eigenvalue weighted by Crippen LogP contribution is 2.21. The molecule has 0 saturated carbocycles. The van der Waals surface area contributed by atoms with E-state index in [9.17, 15) is 9.59 Å². The number of rotatable bonds is 11. The van der Waals surface area contributed by atoms with Gasteiger partial charge in [-0.3, -0.25) is 9.59 Å². The highest BCUT2D eigenvalue weighted by molar-refractivity contribution is 8.00. The van der Waals surface area contributed by atoms with Crippen LogP contribution in [0.3, 0.4) is 0 Å². The van der Waals surface area contributed by atoms with Gasteiger partial charge in [-0.05, 0) is 50.1 Å². The first-order chi connectivity index (χ1) is 14.4. The molecule has 0 bridgehead atoms. The van der Waals surface area contributed by atoms with Crippen LogP contribution in [0.15, 0.2) is 53.4 Å². The van der Waals surface area contributed by atoms with E-state index in [1.54, 1.807) is 18.9 Å². The quantitative estimate of drug-likeness (QED) is 0.425. The molecule has 2 aromatic rings. The van der Waals surface area contributed by atoms with E-state index in [4.69, 9.17) is 4.74 Å². The van der Waals surface area contributed by atoms with E-state index in [0.717, 1.165) is 29.1 Å². The second-order valence-corrected chi connectivity index (χ2v) is 8.34. The highest BCUT2D eigenvalue weighted by Gasteiger charge is 2.26. The number of amides is 2. The number of unbranched alkanes of at least 4 members (excludes halogenated alkanes) is 1. The smallest absolute Gasteiger partial charge is 0.242 e. The van der Waals surface area contributed by atoms with E-state index in [0.29, 0.717) is 13.1 Å². The molecule has 0 aliphatic rings. The fraction of sp³-hybridized carbons (Fsp3) is 0.417. The van der Waals surface area contributed by atoms with E-state index in [-0.39, 0.29) is 17.6 Å². The zero-order chi connectivity index (χ0) is 21.9. The lowest BCUT2D eigenvalue weighted by Gasteiger charge is -2.29. The zero-order valence-corrected chi connectivity index (χ0v) is 19.1. The molecule has 1 atom stereocenters. The number of thioether (sulfide) groups is 1. The van der Waals surface area contributed by atoms with Crippen molar-refractivity contribution in [2.45, 2.75) is 51.1 Å². The number of carbonyl (C=O) groups is 2. The van der Waals surface area contributed by atoms with Gasteiger partial charge in [0.2, 0.25) is 11.8 Å². The first kappa shape index (κ1) is 23.8. The molecule has 0 aromatic heterocycles. The van der Waals surface area contributed by atoms with Gasteiger partial charge >= 0.3 is 0 Å². The van der Waals surface area contributed by atoms with Crippen molar-refractivity contribution < 1.29 is 14.3 Å². The molecule has 1 N–H and O–H groups in total. The van der Waals surface area contributed by atoms with Crippen LogP contribution in [0.25, 0.3) is 0 Å². The normalized spacial score (nSPS) is 11.6. The van der Waals surface area contributed by atoms with Crippen molar-refractivity contribution in [2.75, 3.05) is 19.4 Å². The zero-order valence-electron chi connectivity index (χ0n) is 18.3. The Morgan fingerprint density at radius 1 is 1.17 bits per heavy atom. The monoisotopic (exact) mass is 428 g/mol. The van der Waals surface area contributed by atoms with Crippen LogP contribution in [-0.4, -0.2) is 42.2 Å².